The summed E-state index contributed by atoms with van der Waals surface area (Å²) in [5.41, 5.74) is 0. The van der Waals surface area contributed by atoms with E-state index >= 15 is 0 Å². The summed E-state index contributed by atoms with van der Waals surface area (Å²) in [6.07, 6.45) is 0. The van der Waals surface area contributed by atoms with Crippen LogP contribution in [0.2, 0.25) is 0 Å². The minimum atomic E-state index is 0. The zero-order chi connectivity index (χ0) is 5.11. The molecule has 1 aromatic rings. The van der Waals surface area contributed by atoms with Crippen LogP contribution in [-0.2, 0) is 0 Å². The molecule has 0 saturated carbocycles. The third-order valence-electron chi connectivity index (χ3n) is 0.631. The number of halogens is 1. The maximum Gasteiger partial charge on any atom is 0.110 e. The van der Waals surface area contributed by atoms with Gasteiger partial charge in [0, 0.05) is 0 Å². The molecular formula is C5H4INS. The summed E-state index contributed by atoms with van der Waals surface area (Å²) >= 11 is 1.46. The molecule has 1 rings (SSSR count). The Morgan fingerprint density at radius 2 is 2.38 bits per heavy atom. The lowest BCUT2D eigenvalue weighted by atomic mass is 10.5. The van der Waals surface area contributed by atoms with Gasteiger partial charge in [0.05, 0.1) is 0 Å². The van der Waals surface area contributed by atoms with Gasteiger partial charge in [-0.25, -0.2) is 0 Å². The van der Waals surface area contributed by atoms with E-state index in [1.807, 2.05) is 17.5 Å². The Bertz CT molecular complexity index is 175. The van der Waals surface area contributed by atoms with Gasteiger partial charge in [0.15, 0.2) is 0 Å². The summed E-state index contributed by atoms with van der Waals surface area (Å²) in [7, 11) is 0. The summed E-state index contributed by atoms with van der Waals surface area (Å²) in [6, 6.07) is 5.69. The fourth-order valence-corrected chi connectivity index (χ4v) is 0.856. The van der Waals surface area contributed by atoms with Crippen LogP contribution in [-0.4, -0.2) is 0 Å². The molecule has 8 heavy (non-hydrogen) atoms. The van der Waals surface area contributed by atoms with Crippen LogP contribution in [0.15, 0.2) is 17.5 Å². The number of nitrogens with zero attached hydrogens (tertiary/aromatic N) is 1. The molecule has 0 spiro atoms. The second-order valence-corrected chi connectivity index (χ2v) is 2.04. The molecule has 0 aliphatic heterocycles. The molecule has 42 valence electrons. The van der Waals surface area contributed by atoms with E-state index in [-0.39, 0.29) is 24.0 Å². The number of nitriles is 1. The Morgan fingerprint density at radius 3 is 2.62 bits per heavy atom. The zero-order valence-corrected chi connectivity index (χ0v) is 7.14. The lowest BCUT2D eigenvalue weighted by molar-refractivity contribution is 1.52. The number of hydrogen-bond donors (Lipinski definition) is 0. The van der Waals surface area contributed by atoms with E-state index < -0.39 is 0 Å². The first-order chi connectivity index (χ1) is 3.43. The SMILES string of the molecule is I.N#Cc1cccs1. The average molecular weight is 237 g/mol. The second kappa shape index (κ2) is 3.87. The van der Waals surface area contributed by atoms with Gasteiger partial charge in [-0.15, -0.1) is 35.3 Å². The maximum atomic E-state index is 8.19. The fraction of sp³-hybridized carbons (Fsp3) is 0. The Labute approximate surface area is 69.0 Å². The van der Waals surface area contributed by atoms with Gasteiger partial charge in [0.25, 0.3) is 0 Å². The lowest BCUT2D eigenvalue weighted by Gasteiger charge is -1.62. The van der Waals surface area contributed by atoms with Crippen LogP contribution in [0.1, 0.15) is 4.88 Å². The normalized spacial score (nSPS) is 6.88. The van der Waals surface area contributed by atoms with Crippen LogP contribution in [0.25, 0.3) is 0 Å². The molecule has 0 bridgehead atoms. The van der Waals surface area contributed by atoms with Gasteiger partial charge in [0.2, 0.25) is 0 Å². The maximum absolute atomic E-state index is 8.19. The van der Waals surface area contributed by atoms with Gasteiger partial charge in [-0.1, -0.05) is 6.07 Å². The van der Waals surface area contributed by atoms with Crippen molar-refractivity contribution < 1.29 is 0 Å². The molecule has 0 amide bonds. The van der Waals surface area contributed by atoms with Gasteiger partial charge in [-0.2, -0.15) is 5.26 Å². The monoisotopic (exact) mass is 237 g/mol. The summed E-state index contributed by atoms with van der Waals surface area (Å²) in [4.78, 5) is 0.778. The van der Waals surface area contributed by atoms with E-state index in [0.717, 1.165) is 4.88 Å². The van der Waals surface area contributed by atoms with Gasteiger partial charge in [-0.3, -0.25) is 0 Å². The van der Waals surface area contributed by atoms with E-state index in [4.69, 9.17) is 5.26 Å². The van der Waals surface area contributed by atoms with Crippen LogP contribution < -0.4 is 0 Å². The molecule has 0 unspecified atom stereocenters. The van der Waals surface area contributed by atoms with E-state index in [2.05, 4.69) is 0 Å². The van der Waals surface area contributed by atoms with E-state index in [9.17, 15) is 0 Å². The van der Waals surface area contributed by atoms with Crippen LogP contribution in [0.5, 0.6) is 0 Å². The predicted octanol–water partition coefficient (Wildman–Crippen LogP) is 2.24. The number of hydrogen-bond acceptors (Lipinski definition) is 2. The first-order valence-electron chi connectivity index (χ1n) is 1.87. The highest BCUT2D eigenvalue weighted by atomic mass is 127. The van der Waals surface area contributed by atoms with E-state index in [1.54, 1.807) is 6.07 Å². The molecule has 3 heteroatoms. The van der Waals surface area contributed by atoms with Crippen molar-refractivity contribution >= 4 is 35.3 Å². The minimum Gasteiger partial charge on any atom is -0.192 e. The smallest absolute Gasteiger partial charge is 0.110 e. The highest BCUT2D eigenvalue weighted by Crippen LogP contribution is 2.04. The van der Waals surface area contributed by atoms with Crippen LogP contribution in [0, 0.1) is 11.3 Å². The molecule has 0 atom stereocenters. The van der Waals surface area contributed by atoms with Crippen LogP contribution in [0.3, 0.4) is 0 Å². The summed E-state index contributed by atoms with van der Waals surface area (Å²) < 4.78 is 0. The molecule has 1 aromatic heterocycles. The van der Waals surface area contributed by atoms with Gasteiger partial charge in [-0.05, 0) is 11.4 Å². The Kier molecular flexibility index (Phi) is 3.83. The van der Waals surface area contributed by atoms with E-state index in [0.29, 0.717) is 0 Å². The summed E-state index contributed by atoms with van der Waals surface area (Å²) in [5.74, 6) is 0. The van der Waals surface area contributed by atoms with E-state index in [1.165, 1.54) is 11.3 Å². The van der Waals surface area contributed by atoms with Crippen molar-refractivity contribution in [2.75, 3.05) is 0 Å². The topological polar surface area (TPSA) is 23.8 Å². The zero-order valence-electron chi connectivity index (χ0n) is 4.00. The molecule has 0 radical (unpaired) electrons. The Balaban J connectivity index is 0.000000490. The fourth-order valence-electron chi connectivity index (χ4n) is 0.342. The third kappa shape index (κ3) is 1.80. The van der Waals surface area contributed by atoms with Crippen molar-refractivity contribution in [3.63, 3.8) is 0 Å². The molecule has 1 nitrogen and oxygen atoms in total. The molecular weight excluding hydrogens is 233 g/mol. The first kappa shape index (κ1) is 7.92. The van der Waals surface area contributed by atoms with Crippen molar-refractivity contribution in [1.82, 2.24) is 0 Å². The van der Waals surface area contributed by atoms with Gasteiger partial charge in [0.1, 0.15) is 10.9 Å². The van der Waals surface area contributed by atoms with Crippen molar-refractivity contribution in [2.45, 2.75) is 0 Å². The van der Waals surface area contributed by atoms with Gasteiger partial charge < -0.3 is 0 Å². The summed E-state index contributed by atoms with van der Waals surface area (Å²) in [6.45, 7) is 0. The molecule has 0 aliphatic rings. The van der Waals surface area contributed by atoms with Gasteiger partial charge >= 0.3 is 0 Å². The third-order valence-corrected chi connectivity index (χ3v) is 1.41. The Morgan fingerprint density at radius 1 is 1.62 bits per heavy atom. The van der Waals surface area contributed by atoms with Crippen molar-refractivity contribution in [2.24, 2.45) is 0 Å². The molecule has 0 saturated heterocycles. The highest BCUT2D eigenvalue weighted by molar-refractivity contribution is 14.0. The number of rotatable bonds is 0. The summed E-state index contributed by atoms with van der Waals surface area (Å²) in [5, 5.41) is 10.1. The predicted molar refractivity (Wildman–Crippen MR) is 44.4 cm³/mol. The lowest BCUT2D eigenvalue weighted by Crippen LogP contribution is -1.50. The second-order valence-electron chi connectivity index (χ2n) is 1.09. The number of thiophene rings is 1. The Hall–Kier alpha value is -0.0800. The average Bonchev–Trinajstić information content (AvgIpc) is 2.14. The molecule has 1 heterocycles. The molecule has 0 aromatic carbocycles. The first-order valence-corrected chi connectivity index (χ1v) is 2.75. The molecule has 0 N–H and O–H groups in total. The molecule has 0 aliphatic carbocycles. The quantitative estimate of drug-likeness (QED) is 0.635. The van der Waals surface area contributed by atoms with Crippen molar-refractivity contribution in [3.05, 3.63) is 22.4 Å². The largest absolute Gasteiger partial charge is 0.192 e. The standard InChI is InChI=1S/C5H3NS.HI/c6-4-5-2-1-3-7-5;/h1-3H;1H. The van der Waals surface area contributed by atoms with Crippen molar-refractivity contribution in [1.29, 1.82) is 5.26 Å². The minimum absolute atomic E-state index is 0. The van der Waals surface area contributed by atoms with Crippen LogP contribution in [0.4, 0.5) is 0 Å². The molecule has 0 fully saturated rings. The van der Waals surface area contributed by atoms with Crippen molar-refractivity contribution in [3.8, 4) is 6.07 Å². The van der Waals surface area contributed by atoms with Crippen LogP contribution >= 0.6 is 35.3 Å². The highest BCUT2D eigenvalue weighted by Gasteiger charge is 1.82.